The first-order valence-electron chi connectivity index (χ1n) is 9.44. The minimum Gasteiger partial charge on any atom is -0.382 e. The maximum absolute atomic E-state index is 12.6. The molecule has 0 saturated heterocycles. The molecule has 4 aromatic rings. The summed E-state index contributed by atoms with van der Waals surface area (Å²) in [4.78, 5) is 25.8. The summed E-state index contributed by atoms with van der Waals surface area (Å²) in [5, 5.41) is 7.27. The average Bonchev–Trinajstić information content (AvgIpc) is 3.11. The van der Waals surface area contributed by atoms with Crippen molar-refractivity contribution < 1.29 is 4.79 Å². The Morgan fingerprint density at radius 3 is 2.63 bits per heavy atom. The summed E-state index contributed by atoms with van der Waals surface area (Å²) in [6.07, 6.45) is 1.58. The van der Waals surface area contributed by atoms with Crippen LogP contribution >= 0.6 is 0 Å². The Bertz CT molecular complexity index is 1180. The number of aromatic nitrogens is 5. The van der Waals surface area contributed by atoms with E-state index < -0.39 is 0 Å². The number of hydrogen-bond donors (Lipinski definition) is 2. The van der Waals surface area contributed by atoms with Crippen LogP contribution in [0.2, 0.25) is 0 Å². The molecule has 0 fully saturated rings. The van der Waals surface area contributed by atoms with Crippen molar-refractivity contribution in [3.63, 3.8) is 0 Å². The zero-order valence-corrected chi connectivity index (χ0v) is 16.7. The molecule has 0 saturated carbocycles. The van der Waals surface area contributed by atoms with Crippen LogP contribution in [0.4, 0.5) is 5.82 Å². The van der Waals surface area contributed by atoms with Crippen LogP contribution in [0, 0.1) is 6.92 Å². The number of nitrogens with zero attached hydrogens (tertiary/aromatic N) is 5. The average molecular weight is 399 g/mol. The van der Waals surface area contributed by atoms with Gasteiger partial charge in [0.25, 0.3) is 5.91 Å². The van der Waals surface area contributed by atoms with E-state index in [4.69, 9.17) is 5.73 Å². The Morgan fingerprint density at radius 1 is 1.10 bits per heavy atom. The highest BCUT2D eigenvalue weighted by atomic mass is 16.1. The highest BCUT2D eigenvalue weighted by Gasteiger charge is 2.15. The molecule has 0 radical (unpaired) electrons. The fourth-order valence-corrected chi connectivity index (χ4v) is 2.96. The van der Waals surface area contributed by atoms with Gasteiger partial charge in [-0.25, -0.2) is 15.0 Å². The first-order chi connectivity index (χ1) is 14.5. The Hall–Kier alpha value is -4.07. The van der Waals surface area contributed by atoms with Gasteiger partial charge in [-0.15, -0.1) is 5.10 Å². The first-order valence-corrected chi connectivity index (χ1v) is 9.44. The lowest BCUT2D eigenvalue weighted by Crippen LogP contribution is -2.22. The largest absolute Gasteiger partial charge is 0.382 e. The molecule has 30 heavy (non-hydrogen) atoms. The monoisotopic (exact) mass is 399 g/mol. The van der Waals surface area contributed by atoms with E-state index in [1.54, 1.807) is 30.1 Å². The van der Waals surface area contributed by atoms with Gasteiger partial charge < -0.3 is 11.1 Å². The van der Waals surface area contributed by atoms with Gasteiger partial charge in [0, 0.05) is 24.7 Å². The maximum Gasteiger partial charge on any atom is 0.251 e. The third kappa shape index (κ3) is 4.02. The molecule has 1 amide bonds. The minimum atomic E-state index is -0.161. The molecular weight excluding hydrogens is 378 g/mol. The van der Waals surface area contributed by atoms with Crippen molar-refractivity contribution in [2.45, 2.75) is 13.5 Å². The van der Waals surface area contributed by atoms with E-state index in [2.05, 4.69) is 25.4 Å². The van der Waals surface area contributed by atoms with Gasteiger partial charge in [0.2, 0.25) is 5.82 Å². The topological polar surface area (TPSA) is 112 Å². The standard InChI is InChI=1S/C22H21N7O/c1-14-26-21(28-29(14)2)19-20(23)24-13-18(27-19)16-9-6-10-17(11-16)22(30)25-12-15-7-4-3-5-8-15/h3-11,13H,12H2,1-2H3,(H2,23,24)(H,25,30). The van der Waals surface area contributed by atoms with Gasteiger partial charge in [0.1, 0.15) is 5.82 Å². The van der Waals surface area contributed by atoms with Crippen molar-refractivity contribution >= 4 is 11.7 Å². The van der Waals surface area contributed by atoms with E-state index in [1.165, 1.54) is 0 Å². The molecule has 4 rings (SSSR count). The summed E-state index contributed by atoms with van der Waals surface area (Å²) >= 11 is 0. The molecule has 8 nitrogen and oxygen atoms in total. The van der Waals surface area contributed by atoms with Gasteiger partial charge in [0.15, 0.2) is 11.5 Å². The summed E-state index contributed by atoms with van der Waals surface area (Å²) in [6.45, 7) is 2.31. The summed E-state index contributed by atoms with van der Waals surface area (Å²) in [5.41, 5.74) is 9.33. The van der Waals surface area contributed by atoms with Crippen LogP contribution in [0.1, 0.15) is 21.7 Å². The molecule has 3 N–H and O–H groups in total. The molecule has 150 valence electrons. The molecule has 2 aromatic heterocycles. The predicted molar refractivity (Wildman–Crippen MR) is 114 cm³/mol. The van der Waals surface area contributed by atoms with Crippen molar-refractivity contribution in [2.75, 3.05) is 5.73 Å². The zero-order chi connectivity index (χ0) is 21.1. The van der Waals surface area contributed by atoms with Crippen LogP contribution in [0.5, 0.6) is 0 Å². The quantitative estimate of drug-likeness (QED) is 0.534. The number of anilines is 1. The summed E-state index contributed by atoms with van der Waals surface area (Å²) in [6, 6.07) is 17.0. The lowest BCUT2D eigenvalue weighted by atomic mass is 10.1. The molecule has 0 atom stereocenters. The fraction of sp³-hybridized carbons (Fsp3) is 0.136. The van der Waals surface area contributed by atoms with Gasteiger partial charge in [-0.05, 0) is 24.6 Å². The van der Waals surface area contributed by atoms with Crippen LogP contribution in [0.3, 0.4) is 0 Å². The molecule has 0 aliphatic rings. The van der Waals surface area contributed by atoms with Crippen LogP contribution in [-0.4, -0.2) is 30.6 Å². The smallest absolute Gasteiger partial charge is 0.251 e. The van der Waals surface area contributed by atoms with Crippen LogP contribution in [0.15, 0.2) is 60.8 Å². The lowest BCUT2D eigenvalue weighted by molar-refractivity contribution is 0.0951. The number of nitrogens with two attached hydrogens (primary N) is 1. The highest BCUT2D eigenvalue weighted by Crippen LogP contribution is 2.24. The summed E-state index contributed by atoms with van der Waals surface area (Å²) in [5.74, 6) is 1.25. The number of nitrogen functional groups attached to an aromatic ring is 1. The molecule has 0 unspecified atom stereocenters. The van der Waals surface area contributed by atoms with E-state index in [9.17, 15) is 4.79 Å². The Morgan fingerprint density at radius 2 is 1.90 bits per heavy atom. The number of aryl methyl sites for hydroxylation is 2. The number of amides is 1. The molecule has 0 aliphatic carbocycles. The van der Waals surface area contributed by atoms with Gasteiger partial charge >= 0.3 is 0 Å². The van der Waals surface area contributed by atoms with Crippen LogP contribution in [0.25, 0.3) is 22.8 Å². The van der Waals surface area contributed by atoms with Crippen molar-refractivity contribution in [1.29, 1.82) is 0 Å². The van der Waals surface area contributed by atoms with E-state index in [1.807, 2.05) is 49.4 Å². The van der Waals surface area contributed by atoms with Crippen LogP contribution < -0.4 is 11.1 Å². The van der Waals surface area contributed by atoms with Crippen molar-refractivity contribution in [3.8, 4) is 22.8 Å². The van der Waals surface area contributed by atoms with E-state index in [0.29, 0.717) is 29.3 Å². The Kier molecular flexibility index (Phi) is 5.21. The number of carbonyl (C=O) groups excluding carboxylic acids is 1. The van der Waals surface area contributed by atoms with E-state index >= 15 is 0 Å². The lowest BCUT2D eigenvalue weighted by Gasteiger charge is -2.08. The molecular formula is C22H21N7O. The minimum absolute atomic E-state index is 0.161. The zero-order valence-electron chi connectivity index (χ0n) is 16.7. The number of carbonyl (C=O) groups is 1. The number of nitrogens with one attached hydrogen (secondary N) is 1. The van der Waals surface area contributed by atoms with E-state index in [-0.39, 0.29) is 11.7 Å². The highest BCUT2D eigenvalue weighted by molar-refractivity contribution is 5.95. The summed E-state index contributed by atoms with van der Waals surface area (Å²) in [7, 11) is 1.80. The SMILES string of the molecule is Cc1nc(-c2nc(-c3cccc(C(=O)NCc4ccccc4)c3)cnc2N)nn1C. The molecule has 0 aliphatic heterocycles. The number of benzene rings is 2. The summed E-state index contributed by atoms with van der Waals surface area (Å²) < 4.78 is 1.65. The third-order valence-electron chi connectivity index (χ3n) is 4.71. The second-order valence-electron chi connectivity index (χ2n) is 6.84. The number of rotatable bonds is 5. The number of hydrogen-bond acceptors (Lipinski definition) is 6. The maximum atomic E-state index is 12.6. The fourth-order valence-electron chi connectivity index (χ4n) is 2.96. The van der Waals surface area contributed by atoms with Gasteiger partial charge in [-0.3, -0.25) is 9.48 Å². The Balaban J connectivity index is 1.59. The molecule has 2 heterocycles. The van der Waals surface area contributed by atoms with Gasteiger partial charge in [-0.2, -0.15) is 0 Å². The second-order valence-corrected chi connectivity index (χ2v) is 6.84. The van der Waals surface area contributed by atoms with Gasteiger partial charge in [-0.1, -0.05) is 42.5 Å². The van der Waals surface area contributed by atoms with Crippen LogP contribution in [-0.2, 0) is 13.6 Å². The van der Waals surface area contributed by atoms with E-state index in [0.717, 1.165) is 17.0 Å². The van der Waals surface area contributed by atoms with Crippen molar-refractivity contribution in [2.24, 2.45) is 7.05 Å². The molecule has 0 spiro atoms. The predicted octanol–water partition coefficient (Wildman–Crippen LogP) is 2.76. The first kappa shape index (κ1) is 19.3. The molecule has 0 bridgehead atoms. The Labute approximate surface area is 173 Å². The third-order valence-corrected chi connectivity index (χ3v) is 4.71. The molecule has 8 heteroatoms. The van der Waals surface area contributed by atoms with Crippen molar-refractivity contribution in [3.05, 3.63) is 77.7 Å². The second kappa shape index (κ2) is 8.12. The normalized spacial score (nSPS) is 10.7. The van der Waals surface area contributed by atoms with Gasteiger partial charge in [0.05, 0.1) is 11.9 Å². The molecule has 2 aromatic carbocycles. The van der Waals surface area contributed by atoms with Crippen molar-refractivity contribution in [1.82, 2.24) is 30.0 Å².